The fourth-order valence-electron chi connectivity index (χ4n) is 2.48. The number of hydrogen-bond acceptors (Lipinski definition) is 5. The number of nitrogens with one attached hydrogen (secondary N) is 1. The van der Waals surface area contributed by atoms with E-state index >= 15 is 0 Å². The first-order valence-electron chi connectivity index (χ1n) is 7.50. The molecule has 0 spiro atoms. The molecule has 8 heteroatoms. The number of aryl methyl sites for hydroxylation is 1. The van der Waals surface area contributed by atoms with Gasteiger partial charge in [-0.1, -0.05) is 25.7 Å². The van der Waals surface area contributed by atoms with Gasteiger partial charge in [-0.05, 0) is 6.42 Å². The molecule has 3 atom stereocenters. The van der Waals surface area contributed by atoms with Crippen LogP contribution in [-0.2, 0) is 11.2 Å². The lowest BCUT2D eigenvalue weighted by Gasteiger charge is -2.17. The van der Waals surface area contributed by atoms with Crippen molar-refractivity contribution in [2.24, 2.45) is 0 Å². The Kier molecular flexibility index (Phi) is 5.06. The van der Waals surface area contributed by atoms with Crippen molar-refractivity contribution in [3.05, 3.63) is 32.6 Å². The van der Waals surface area contributed by atoms with Gasteiger partial charge in [-0.3, -0.25) is 14.3 Å². The number of rotatable bonds is 5. The zero-order valence-electron chi connectivity index (χ0n) is 13.2. The van der Waals surface area contributed by atoms with E-state index in [2.05, 4.69) is 24.6 Å². The van der Waals surface area contributed by atoms with Gasteiger partial charge in [-0.25, -0.2) is 4.79 Å². The molecule has 1 aromatic heterocycles. The molecule has 0 bridgehead atoms. The molecule has 1 aliphatic heterocycles. The minimum absolute atomic E-state index is 0.213. The van der Waals surface area contributed by atoms with Crippen LogP contribution in [-0.4, -0.2) is 46.7 Å². The van der Waals surface area contributed by atoms with Gasteiger partial charge in [0.25, 0.3) is 5.56 Å². The number of aliphatic hydroxyl groups is 2. The van der Waals surface area contributed by atoms with Gasteiger partial charge in [0.2, 0.25) is 0 Å². The van der Waals surface area contributed by atoms with Crippen LogP contribution in [0.3, 0.4) is 0 Å². The van der Waals surface area contributed by atoms with Gasteiger partial charge in [0.05, 0.1) is 12.7 Å². The Bertz CT molecular complexity index is 633. The third-order valence-electron chi connectivity index (χ3n) is 3.88. The highest BCUT2D eigenvalue weighted by Gasteiger charge is 2.35. The fourth-order valence-corrected chi connectivity index (χ4v) is 3.50. The van der Waals surface area contributed by atoms with E-state index in [1.807, 2.05) is 0 Å². The van der Waals surface area contributed by atoms with E-state index in [-0.39, 0.29) is 18.6 Å². The first kappa shape index (κ1) is 17.1. The summed E-state index contributed by atoms with van der Waals surface area (Å²) in [4.78, 5) is 26.2. The van der Waals surface area contributed by atoms with E-state index < -0.39 is 32.2 Å². The lowest BCUT2D eigenvalue weighted by Crippen LogP contribution is -2.35. The second-order valence-electron chi connectivity index (χ2n) is 7.00. The third-order valence-corrected chi connectivity index (χ3v) is 5.63. The Hall–Kier alpha value is -1.22. The van der Waals surface area contributed by atoms with Gasteiger partial charge < -0.3 is 14.9 Å². The highest BCUT2D eigenvalue weighted by Crippen LogP contribution is 2.27. The molecule has 22 heavy (non-hydrogen) atoms. The number of ether oxygens (including phenoxy) is 1. The Morgan fingerprint density at radius 2 is 2.09 bits per heavy atom. The first-order chi connectivity index (χ1) is 10.2. The van der Waals surface area contributed by atoms with Gasteiger partial charge in [-0.2, -0.15) is 0 Å². The Balaban J connectivity index is 2.26. The van der Waals surface area contributed by atoms with Crippen molar-refractivity contribution in [1.82, 2.24) is 9.55 Å². The molecule has 0 aliphatic carbocycles. The number of hydrogen-bond donors (Lipinski definition) is 3. The Morgan fingerprint density at radius 1 is 1.41 bits per heavy atom. The van der Waals surface area contributed by atoms with Crippen LogP contribution in [0.25, 0.3) is 0 Å². The number of aromatic amines is 1. The van der Waals surface area contributed by atoms with Crippen LogP contribution >= 0.6 is 0 Å². The third kappa shape index (κ3) is 3.95. The molecule has 1 unspecified atom stereocenters. The van der Waals surface area contributed by atoms with Crippen molar-refractivity contribution in [1.29, 1.82) is 0 Å². The van der Waals surface area contributed by atoms with Crippen molar-refractivity contribution >= 4 is 8.07 Å². The number of aromatic nitrogens is 2. The first-order valence-corrected chi connectivity index (χ1v) is 11.2. The molecule has 1 saturated heterocycles. The van der Waals surface area contributed by atoms with E-state index in [0.717, 1.165) is 6.04 Å². The largest absolute Gasteiger partial charge is 0.394 e. The summed E-state index contributed by atoms with van der Waals surface area (Å²) >= 11 is 0. The van der Waals surface area contributed by atoms with Crippen molar-refractivity contribution in [3.63, 3.8) is 0 Å². The molecule has 1 aliphatic rings. The van der Waals surface area contributed by atoms with Crippen LogP contribution in [0.2, 0.25) is 25.7 Å². The van der Waals surface area contributed by atoms with Crippen LogP contribution in [0, 0.1) is 0 Å². The maximum Gasteiger partial charge on any atom is 0.330 e. The van der Waals surface area contributed by atoms with Gasteiger partial charge in [0.15, 0.2) is 0 Å². The zero-order valence-corrected chi connectivity index (χ0v) is 14.2. The summed E-state index contributed by atoms with van der Waals surface area (Å²) in [6.45, 7) is 6.36. The zero-order chi connectivity index (χ0) is 16.5. The van der Waals surface area contributed by atoms with Crippen LogP contribution in [0.5, 0.6) is 0 Å². The van der Waals surface area contributed by atoms with Gasteiger partial charge in [0, 0.05) is 26.3 Å². The van der Waals surface area contributed by atoms with Crippen molar-refractivity contribution in [2.45, 2.75) is 57.0 Å². The van der Waals surface area contributed by atoms with E-state index in [1.54, 1.807) is 0 Å². The molecule has 2 heterocycles. The minimum atomic E-state index is -1.30. The van der Waals surface area contributed by atoms with Crippen LogP contribution in [0.4, 0.5) is 0 Å². The van der Waals surface area contributed by atoms with Crippen LogP contribution in [0.15, 0.2) is 15.8 Å². The molecule has 3 N–H and O–H groups in total. The maximum absolute atomic E-state index is 12.0. The molecular weight excluding hydrogens is 304 g/mol. The van der Waals surface area contributed by atoms with Gasteiger partial charge in [0.1, 0.15) is 12.3 Å². The average Bonchev–Trinajstić information content (AvgIpc) is 2.77. The lowest BCUT2D eigenvalue weighted by atomic mass is 10.2. The van der Waals surface area contributed by atoms with E-state index in [4.69, 9.17) is 9.84 Å². The summed E-state index contributed by atoms with van der Waals surface area (Å²) < 4.78 is 6.78. The number of H-pyrrole nitrogens is 1. The summed E-state index contributed by atoms with van der Waals surface area (Å²) in [5.41, 5.74) is -0.373. The molecule has 0 aromatic carbocycles. The highest BCUT2D eigenvalue weighted by atomic mass is 28.3. The SMILES string of the molecule is C[Si](C)(C)CCc1cn([C@@H]2CC(O)[C@H](CO)O2)c(=O)[nH]c1=O. The number of aliphatic hydroxyl groups excluding tert-OH is 2. The topological polar surface area (TPSA) is 105 Å². The summed E-state index contributed by atoms with van der Waals surface area (Å²) in [6.07, 6.45) is 0.170. The molecule has 1 fully saturated rings. The Morgan fingerprint density at radius 3 is 2.64 bits per heavy atom. The quantitative estimate of drug-likeness (QED) is 0.663. The lowest BCUT2D eigenvalue weighted by molar-refractivity contribution is -0.0459. The Labute approximate surface area is 129 Å². The normalized spacial score (nSPS) is 25.6. The highest BCUT2D eigenvalue weighted by molar-refractivity contribution is 6.76. The molecule has 0 radical (unpaired) electrons. The van der Waals surface area contributed by atoms with Crippen molar-refractivity contribution < 1.29 is 14.9 Å². The van der Waals surface area contributed by atoms with Crippen LogP contribution in [0.1, 0.15) is 18.2 Å². The van der Waals surface area contributed by atoms with Gasteiger partial charge >= 0.3 is 5.69 Å². The van der Waals surface area contributed by atoms with Crippen molar-refractivity contribution in [2.75, 3.05) is 6.61 Å². The van der Waals surface area contributed by atoms with Crippen LogP contribution < -0.4 is 11.2 Å². The maximum atomic E-state index is 12.0. The van der Waals surface area contributed by atoms with E-state index in [0.29, 0.717) is 12.0 Å². The minimum Gasteiger partial charge on any atom is -0.394 e. The standard InChI is InChI=1S/C14H24N2O5Si/c1-22(2,3)5-4-9-7-16(14(20)15-13(9)19)12-6-10(18)11(8-17)21-12/h7,10-12,17-18H,4-6,8H2,1-3H3,(H,15,19,20)/t10?,11-,12-/m0/s1. The fraction of sp³-hybridized carbons (Fsp3) is 0.714. The second-order valence-corrected chi connectivity index (χ2v) is 12.6. The molecule has 0 amide bonds. The second kappa shape index (κ2) is 6.49. The predicted molar refractivity (Wildman–Crippen MR) is 84.8 cm³/mol. The average molecular weight is 328 g/mol. The number of nitrogens with zero attached hydrogens (tertiary/aromatic N) is 1. The summed E-state index contributed by atoms with van der Waals surface area (Å²) in [5.74, 6) is 0. The molecule has 124 valence electrons. The molecule has 0 saturated carbocycles. The summed E-state index contributed by atoms with van der Waals surface area (Å²) in [7, 11) is -1.30. The smallest absolute Gasteiger partial charge is 0.330 e. The molecule has 2 rings (SSSR count). The molecule has 1 aromatic rings. The summed E-state index contributed by atoms with van der Waals surface area (Å²) in [6, 6.07) is 0.946. The predicted octanol–water partition coefficient (Wildman–Crippen LogP) is 0.0580. The van der Waals surface area contributed by atoms with Crippen molar-refractivity contribution in [3.8, 4) is 0 Å². The monoisotopic (exact) mass is 328 g/mol. The van der Waals surface area contributed by atoms with Gasteiger partial charge in [-0.15, -0.1) is 0 Å². The van der Waals surface area contributed by atoms with E-state index in [1.165, 1.54) is 10.8 Å². The molecule has 7 nitrogen and oxygen atoms in total. The van der Waals surface area contributed by atoms with E-state index in [9.17, 15) is 14.7 Å². The molecular formula is C14H24N2O5Si. The summed E-state index contributed by atoms with van der Waals surface area (Å²) in [5, 5.41) is 18.9.